The summed E-state index contributed by atoms with van der Waals surface area (Å²) in [7, 11) is 0. The minimum atomic E-state index is -0.717. The highest BCUT2D eigenvalue weighted by Gasteiger charge is 2.29. The van der Waals surface area contributed by atoms with Crippen molar-refractivity contribution in [1.82, 2.24) is 10.2 Å². The average Bonchev–Trinajstić information content (AvgIpc) is 2.67. The maximum absolute atomic E-state index is 13.1. The molecule has 4 nitrogen and oxygen atoms in total. The van der Waals surface area contributed by atoms with E-state index in [1.165, 1.54) is 28.8 Å². The smallest absolute Gasteiger partial charge is 0.242 e. The van der Waals surface area contributed by atoms with E-state index in [1.807, 2.05) is 20.8 Å². The summed E-state index contributed by atoms with van der Waals surface area (Å²) in [6, 6.07) is 10.6. The molecule has 2 rings (SSSR count). The van der Waals surface area contributed by atoms with Crippen LogP contribution in [0.4, 0.5) is 4.39 Å². The molecule has 0 saturated heterocycles. The Morgan fingerprint density at radius 2 is 1.68 bits per heavy atom. The van der Waals surface area contributed by atoms with Crippen LogP contribution in [0.5, 0.6) is 0 Å². The van der Waals surface area contributed by atoms with Gasteiger partial charge in [-0.2, -0.15) is 0 Å². The minimum Gasteiger partial charge on any atom is -0.350 e. The lowest BCUT2D eigenvalue weighted by Crippen LogP contribution is -2.52. The van der Waals surface area contributed by atoms with Gasteiger partial charge in [-0.25, -0.2) is 4.39 Å². The lowest BCUT2D eigenvalue weighted by molar-refractivity contribution is -0.139. The fourth-order valence-electron chi connectivity index (χ4n) is 2.83. The molecule has 0 spiro atoms. The summed E-state index contributed by atoms with van der Waals surface area (Å²) in [4.78, 5) is 27.4. The zero-order chi connectivity index (χ0) is 23.2. The first-order valence-electron chi connectivity index (χ1n) is 9.84. The Morgan fingerprint density at radius 3 is 2.23 bits per heavy atom. The maximum atomic E-state index is 13.1. The normalized spacial score (nSPS) is 12.4. The summed E-state index contributed by atoms with van der Waals surface area (Å²) in [5.74, 6) is -0.0551. The third-order valence-electron chi connectivity index (χ3n) is 4.46. The summed E-state index contributed by atoms with van der Waals surface area (Å²) < 4.78 is 13.1. The Morgan fingerprint density at radius 1 is 1.10 bits per heavy atom. The van der Waals surface area contributed by atoms with Crippen molar-refractivity contribution in [1.29, 1.82) is 0 Å². The number of nitrogens with one attached hydrogen (secondary N) is 1. The van der Waals surface area contributed by atoms with Crippen molar-refractivity contribution in [2.75, 3.05) is 5.75 Å². The molecule has 1 N–H and O–H groups in total. The van der Waals surface area contributed by atoms with E-state index in [4.69, 9.17) is 23.2 Å². The van der Waals surface area contributed by atoms with Crippen LogP contribution in [-0.4, -0.2) is 34.0 Å². The van der Waals surface area contributed by atoms with Crippen LogP contribution in [0.1, 0.15) is 38.8 Å². The molecular formula is C23H27Cl2FN2O2S. The first-order chi connectivity index (χ1) is 14.5. The van der Waals surface area contributed by atoms with Gasteiger partial charge in [0.25, 0.3) is 0 Å². The monoisotopic (exact) mass is 484 g/mol. The second-order valence-corrected chi connectivity index (χ2v) is 10.1. The molecule has 0 saturated carbocycles. The maximum Gasteiger partial charge on any atom is 0.242 e. The van der Waals surface area contributed by atoms with E-state index < -0.39 is 11.6 Å². The molecule has 1 unspecified atom stereocenters. The van der Waals surface area contributed by atoms with Crippen molar-refractivity contribution in [3.05, 3.63) is 69.5 Å². The molecule has 0 radical (unpaired) electrons. The Bertz CT molecular complexity index is 897. The van der Waals surface area contributed by atoms with Crippen molar-refractivity contribution in [3.63, 3.8) is 0 Å². The van der Waals surface area contributed by atoms with Crippen molar-refractivity contribution >= 4 is 46.8 Å². The van der Waals surface area contributed by atoms with Crippen molar-refractivity contribution in [2.45, 2.75) is 51.6 Å². The van der Waals surface area contributed by atoms with Crippen LogP contribution >= 0.6 is 35.0 Å². The second kappa shape index (κ2) is 11.2. The molecule has 2 aromatic carbocycles. The number of hydrogen-bond acceptors (Lipinski definition) is 3. The van der Waals surface area contributed by atoms with E-state index >= 15 is 0 Å². The molecule has 168 valence electrons. The van der Waals surface area contributed by atoms with Gasteiger partial charge in [-0.05, 0) is 57.5 Å². The molecule has 0 aliphatic carbocycles. The Kier molecular flexibility index (Phi) is 9.22. The average molecular weight is 485 g/mol. The zero-order valence-corrected chi connectivity index (χ0v) is 20.4. The van der Waals surface area contributed by atoms with Crippen molar-refractivity contribution in [2.24, 2.45) is 0 Å². The number of rotatable bonds is 8. The Labute approximate surface area is 197 Å². The fourth-order valence-corrected chi connectivity index (χ4v) is 4.22. The van der Waals surface area contributed by atoms with Crippen LogP contribution < -0.4 is 5.32 Å². The summed E-state index contributed by atoms with van der Waals surface area (Å²) in [5, 5.41) is 3.79. The van der Waals surface area contributed by atoms with Gasteiger partial charge >= 0.3 is 0 Å². The zero-order valence-electron chi connectivity index (χ0n) is 18.0. The molecule has 0 aliphatic rings. The third-order valence-corrected chi connectivity index (χ3v) is 6.16. The molecule has 1 atom stereocenters. The minimum absolute atomic E-state index is 0.118. The molecule has 0 aromatic heterocycles. The van der Waals surface area contributed by atoms with Gasteiger partial charge in [-0.15, -0.1) is 11.8 Å². The van der Waals surface area contributed by atoms with Gasteiger partial charge < -0.3 is 10.2 Å². The van der Waals surface area contributed by atoms with Gasteiger partial charge in [0.15, 0.2) is 0 Å². The standard InChI is InChI=1S/C23H27Cl2FN2O2S/c1-15(22(30)27-23(2,3)4)28(12-18-19(24)6-5-7-20(18)25)21(29)14-31-13-16-8-10-17(26)11-9-16/h5-11,15H,12-14H2,1-4H3,(H,27,30). The molecule has 0 fully saturated rings. The molecule has 0 aliphatic heterocycles. The highest BCUT2D eigenvalue weighted by Crippen LogP contribution is 2.27. The number of halogens is 3. The van der Waals surface area contributed by atoms with Crippen LogP contribution in [0.25, 0.3) is 0 Å². The number of hydrogen-bond donors (Lipinski definition) is 1. The van der Waals surface area contributed by atoms with E-state index in [2.05, 4.69) is 5.32 Å². The SMILES string of the molecule is CC(C(=O)NC(C)(C)C)N(Cc1c(Cl)cccc1Cl)C(=O)CSCc1ccc(F)cc1. The number of benzene rings is 2. The lowest BCUT2D eigenvalue weighted by Gasteiger charge is -2.32. The summed E-state index contributed by atoms with van der Waals surface area (Å²) in [6.45, 7) is 7.45. The quantitative estimate of drug-likeness (QED) is 0.522. The van der Waals surface area contributed by atoms with E-state index in [0.717, 1.165) is 5.56 Å². The Hall–Kier alpha value is -1.76. The fraction of sp³-hybridized carbons (Fsp3) is 0.391. The molecule has 0 bridgehead atoms. The first-order valence-corrected chi connectivity index (χ1v) is 11.8. The van der Waals surface area contributed by atoms with Crippen LogP contribution in [-0.2, 0) is 21.9 Å². The van der Waals surface area contributed by atoms with Gasteiger partial charge in [0.05, 0.1) is 5.75 Å². The Balaban J connectivity index is 2.16. The van der Waals surface area contributed by atoms with E-state index in [-0.39, 0.29) is 29.9 Å². The highest BCUT2D eigenvalue weighted by molar-refractivity contribution is 7.99. The van der Waals surface area contributed by atoms with E-state index in [0.29, 0.717) is 21.4 Å². The van der Waals surface area contributed by atoms with E-state index in [9.17, 15) is 14.0 Å². The van der Waals surface area contributed by atoms with Crippen molar-refractivity contribution < 1.29 is 14.0 Å². The molecular weight excluding hydrogens is 458 g/mol. The first kappa shape index (κ1) is 25.5. The number of amides is 2. The molecule has 2 amide bonds. The van der Waals surface area contributed by atoms with E-state index in [1.54, 1.807) is 37.3 Å². The highest BCUT2D eigenvalue weighted by atomic mass is 35.5. The molecule has 31 heavy (non-hydrogen) atoms. The van der Waals surface area contributed by atoms with Gasteiger partial charge in [-0.1, -0.05) is 41.4 Å². The number of thioether (sulfide) groups is 1. The lowest BCUT2D eigenvalue weighted by atomic mass is 10.1. The number of carbonyl (C=O) groups is 2. The largest absolute Gasteiger partial charge is 0.350 e. The van der Waals surface area contributed by atoms with Crippen molar-refractivity contribution in [3.8, 4) is 0 Å². The molecule has 0 heterocycles. The number of carbonyl (C=O) groups excluding carboxylic acids is 2. The van der Waals surface area contributed by atoms with Crippen LogP contribution in [0.2, 0.25) is 10.0 Å². The predicted octanol–water partition coefficient (Wildman–Crippen LogP) is 5.70. The summed E-state index contributed by atoms with van der Waals surface area (Å²) >= 11 is 14.0. The van der Waals surface area contributed by atoms with Gasteiger partial charge in [-0.3, -0.25) is 9.59 Å². The van der Waals surface area contributed by atoms with Crippen LogP contribution in [0.15, 0.2) is 42.5 Å². The van der Waals surface area contributed by atoms with Crippen LogP contribution in [0.3, 0.4) is 0 Å². The summed E-state index contributed by atoms with van der Waals surface area (Å²) in [6.07, 6.45) is 0. The second-order valence-electron chi connectivity index (χ2n) is 8.26. The number of nitrogens with zero attached hydrogens (tertiary/aromatic N) is 1. The van der Waals surface area contributed by atoms with Gasteiger partial charge in [0, 0.05) is 33.4 Å². The third kappa shape index (κ3) is 8.02. The predicted molar refractivity (Wildman–Crippen MR) is 127 cm³/mol. The molecule has 2 aromatic rings. The van der Waals surface area contributed by atoms with Gasteiger partial charge in [0.2, 0.25) is 11.8 Å². The topological polar surface area (TPSA) is 49.4 Å². The molecule has 8 heteroatoms. The van der Waals surface area contributed by atoms with Gasteiger partial charge in [0.1, 0.15) is 11.9 Å². The van der Waals surface area contributed by atoms with Crippen LogP contribution in [0, 0.1) is 5.82 Å². The summed E-state index contributed by atoms with van der Waals surface area (Å²) in [5.41, 5.74) is 1.08.